The van der Waals surface area contributed by atoms with E-state index in [1.54, 1.807) is 104 Å². The van der Waals surface area contributed by atoms with Gasteiger partial charge in [0.05, 0.1) is 24.1 Å². The number of ether oxygens (including phenoxy) is 5. The highest BCUT2D eigenvalue weighted by atomic mass is 16.6. The number of carbonyl (C=O) groups excluding carboxylic acids is 5. The van der Waals surface area contributed by atoms with Gasteiger partial charge in [0.25, 0.3) is 0 Å². The molecule has 1 amide bonds. The van der Waals surface area contributed by atoms with Crippen LogP contribution in [0.15, 0.2) is 71.8 Å². The number of fused-ring (bicyclic) bond motifs is 5. The summed E-state index contributed by atoms with van der Waals surface area (Å²) in [5.41, 5.74) is -7.04. The molecule has 0 spiro atoms. The van der Waals surface area contributed by atoms with Crippen molar-refractivity contribution < 1.29 is 63.0 Å². The summed E-state index contributed by atoms with van der Waals surface area (Å²) in [7, 11) is 0. The van der Waals surface area contributed by atoms with Gasteiger partial charge in [-0.25, -0.2) is 14.4 Å². The molecule has 6 rings (SSSR count). The zero-order valence-electron chi connectivity index (χ0n) is 34.4. The molecule has 14 heteroatoms. The Morgan fingerprint density at radius 1 is 0.966 bits per heavy atom. The lowest BCUT2D eigenvalue weighted by atomic mass is 9.43. The summed E-state index contributed by atoms with van der Waals surface area (Å²) in [6, 6.07) is 15.0. The lowest BCUT2D eigenvalue weighted by molar-refractivity contribution is -0.340. The molecule has 3 aliphatic carbocycles. The average molecular weight is 806 g/mol. The number of alkyl carbamates (subject to hydrolysis) is 1. The second-order valence-electron chi connectivity index (χ2n) is 18.0. The van der Waals surface area contributed by atoms with Crippen LogP contribution in [-0.4, -0.2) is 99.0 Å². The van der Waals surface area contributed by atoms with Crippen LogP contribution in [0.2, 0.25) is 0 Å². The Morgan fingerprint density at radius 3 is 2.12 bits per heavy atom. The number of ketones is 1. The van der Waals surface area contributed by atoms with E-state index < -0.39 is 112 Å². The number of hydrogen-bond donors (Lipinski definition) is 4. The minimum Gasteiger partial charge on any atom is -0.456 e. The third-order valence-corrected chi connectivity index (χ3v) is 13.0. The first-order valence-electron chi connectivity index (χ1n) is 19.7. The Balaban J connectivity index is 1.49. The predicted octanol–water partition coefficient (Wildman–Crippen LogP) is 4.53. The minimum absolute atomic E-state index is 0.0474. The topological polar surface area (TPSA) is 204 Å². The van der Waals surface area contributed by atoms with E-state index in [9.17, 15) is 34.5 Å². The molecule has 2 unspecified atom stereocenters. The van der Waals surface area contributed by atoms with Crippen molar-refractivity contribution in [3.05, 3.63) is 82.9 Å². The van der Waals surface area contributed by atoms with Crippen LogP contribution in [-0.2, 0) is 38.1 Å². The summed E-state index contributed by atoms with van der Waals surface area (Å²) in [4.78, 5) is 69.2. The van der Waals surface area contributed by atoms with Crippen molar-refractivity contribution in [1.29, 1.82) is 0 Å². The molecule has 4 N–H and O–H groups in total. The van der Waals surface area contributed by atoms with Gasteiger partial charge in [-0.1, -0.05) is 76.2 Å². The fourth-order valence-corrected chi connectivity index (χ4v) is 9.86. The smallest absolute Gasteiger partial charge is 0.408 e. The van der Waals surface area contributed by atoms with Crippen molar-refractivity contribution in [3.63, 3.8) is 0 Å². The number of rotatable bonds is 8. The number of carbonyl (C=O) groups is 5. The molecule has 0 radical (unpaired) electrons. The van der Waals surface area contributed by atoms with E-state index in [4.69, 9.17) is 23.7 Å². The van der Waals surface area contributed by atoms with Crippen LogP contribution < -0.4 is 5.32 Å². The number of aliphatic hydroxyl groups excluding tert-OH is 2. The maximum atomic E-state index is 15.1. The van der Waals surface area contributed by atoms with Gasteiger partial charge in [0.1, 0.15) is 35.6 Å². The number of benzene rings is 2. The van der Waals surface area contributed by atoms with Crippen LogP contribution >= 0.6 is 0 Å². The van der Waals surface area contributed by atoms with Crippen LogP contribution in [0.5, 0.6) is 0 Å². The number of esters is 3. The van der Waals surface area contributed by atoms with Crippen molar-refractivity contribution in [2.24, 2.45) is 22.7 Å². The number of amides is 1. The second kappa shape index (κ2) is 15.2. The van der Waals surface area contributed by atoms with E-state index >= 15 is 4.79 Å². The minimum atomic E-state index is -2.24. The summed E-state index contributed by atoms with van der Waals surface area (Å²) in [5, 5.41) is 40.0. The third kappa shape index (κ3) is 7.11. The highest BCUT2D eigenvalue weighted by molar-refractivity contribution is 5.94. The molecule has 2 saturated carbocycles. The quantitative estimate of drug-likeness (QED) is 0.165. The molecule has 314 valence electrons. The van der Waals surface area contributed by atoms with Gasteiger partial charge < -0.3 is 44.3 Å². The first-order valence-corrected chi connectivity index (χ1v) is 19.7. The van der Waals surface area contributed by atoms with Gasteiger partial charge in [0, 0.05) is 24.2 Å². The maximum Gasteiger partial charge on any atom is 0.408 e. The summed E-state index contributed by atoms with van der Waals surface area (Å²) in [5.74, 6) is -5.19. The number of nitrogens with one attached hydrogen (secondary N) is 1. The van der Waals surface area contributed by atoms with Crippen molar-refractivity contribution >= 4 is 29.8 Å². The summed E-state index contributed by atoms with van der Waals surface area (Å²) >= 11 is 0. The lowest BCUT2D eigenvalue weighted by Crippen LogP contribution is -2.80. The molecule has 3 fully saturated rings. The highest BCUT2D eigenvalue weighted by Crippen LogP contribution is 2.65. The number of aliphatic hydroxyl groups is 3. The van der Waals surface area contributed by atoms with Crippen molar-refractivity contribution in [1.82, 2.24) is 5.32 Å². The molecular weight excluding hydrogens is 750 g/mol. The Labute approximate surface area is 338 Å². The van der Waals surface area contributed by atoms with Gasteiger partial charge in [0.15, 0.2) is 17.5 Å². The van der Waals surface area contributed by atoms with Gasteiger partial charge in [0.2, 0.25) is 0 Å². The normalized spacial score (nSPS) is 33.7. The molecule has 2 aromatic carbocycles. The Bertz CT molecular complexity index is 1970. The van der Waals surface area contributed by atoms with Crippen molar-refractivity contribution in [2.75, 3.05) is 6.61 Å². The summed E-state index contributed by atoms with van der Waals surface area (Å²) in [6.07, 6.45) is -8.74. The van der Waals surface area contributed by atoms with Gasteiger partial charge >= 0.3 is 24.0 Å². The SMILES string of the molecule is CC(=O)O[C@@]12COC1C[C@H](C)[C@@]1(C)C(=O)[C@H](O)C3=C(C)[C@@H](OC(=O)[C@H](O)[C@@H](NC(=O)OC(C)(C)C)c4ccccc4)C[C@@](O)([C@@H](OC(=O)c4ccccc4)C21)C3(C)C. The predicted molar refractivity (Wildman–Crippen MR) is 207 cm³/mol. The van der Waals surface area contributed by atoms with E-state index in [0.717, 1.165) is 0 Å². The van der Waals surface area contributed by atoms with Crippen LogP contribution in [0.25, 0.3) is 0 Å². The number of Topliss-reactive ketones (excluding diaryl/α,β-unsaturated/α-hetero) is 1. The summed E-state index contributed by atoms with van der Waals surface area (Å²) in [6.45, 7) is 14.2. The maximum absolute atomic E-state index is 15.1. The first kappa shape index (κ1) is 43.0. The second-order valence-corrected chi connectivity index (χ2v) is 18.0. The molecule has 11 atom stereocenters. The summed E-state index contributed by atoms with van der Waals surface area (Å²) < 4.78 is 30.0. The molecular formula is C44H55NO13. The monoisotopic (exact) mass is 805 g/mol. The van der Waals surface area contributed by atoms with E-state index in [2.05, 4.69) is 5.32 Å². The molecule has 1 aliphatic heterocycles. The molecule has 14 nitrogen and oxygen atoms in total. The molecule has 1 heterocycles. The van der Waals surface area contributed by atoms with Crippen LogP contribution in [0, 0.1) is 22.7 Å². The van der Waals surface area contributed by atoms with Gasteiger partial charge in [-0.3, -0.25) is 9.59 Å². The van der Waals surface area contributed by atoms with Crippen molar-refractivity contribution in [2.45, 2.75) is 129 Å². The van der Waals surface area contributed by atoms with E-state index in [0.29, 0.717) is 5.56 Å². The van der Waals surface area contributed by atoms with E-state index in [1.165, 1.54) is 19.1 Å². The lowest BCUT2D eigenvalue weighted by Gasteiger charge is -2.68. The van der Waals surface area contributed by atoms with Crippen LogP contribution in [0.1, 0.15) is 97.1 Å². The Morgan fingerprint density at radius 2 is 1.57 bits per heavy atom. The van der Waals surface area contributed by atoms with Crippen LogP contribution in [0.3, 0.4) is 0 Å². The van der Waals surface area contributed by atoms with E-state index in [1.807, 2.05) is 0 Å². The van der Waals surface area contributed by atoms with Crippen LogP contribution in [0.4, 0.5) is 4.79 Å². The number of hydrogen-bond acceptors (Lipinski definition) is 13. The fourth-order valence-electron chi connectivity index (χ4n) is 9.86. The largest absolute Gasteiger partial charge is 0.456 e. The zero-order valence-corrected chi connectivity index (χ0v) is 34.4. The molecule has 58 heavy (non-hydrogen) atoms. The third-order valence-electron chi connectivity index (χ3n) is 13.0. The fraction of sp³-hybridized carbons (Fsp3) is 0.568. The Kier molecular flexibility index (Phi) is 11.3. The average Bonchev–Trinajstić information content (AvgIpc) is 3.14. The molecule has 1 saturated heterocycles. The van der Waals surface area contributed by atoms with E-state index in [-0.39, 0.29) is 29.7 Å². The standard InChI is InChI=1S/C44H55NO13/c1-23-20-29-43(22-54-29,57-25(3)46)34-36(56-37(50)27-18-14-11-15-19-27)44(53)21-28(24(2)30(41(44,7)8)32(47)35(49)42(23,34)9)55-38(51)33(48)31(26-16-12-10-13-17-26)45-39(52)58-40(4,5)6/h10-19,23,28-29,31-34,36,47-48,53H,20-22H2,1-9H3,(H,45,52)/t23-,28-,29?,31-,32+,33+,34?,36-,42+,43-,44+/m0/s1. The van der Waals surface area contributed by atoms with Gasteiger partial charge in [-0.05, 0) is 68.9 Å². The molecule has 0 aromatic heterocycles. The zero-order chi connectivity index (χ0) is 42.7. The van der Waals surface area contributed by atoms with Gasteiger partial charge in [-0.15, -0.1) is 0 Å². The highest BCUT2D eigenvalue weighted by Gasteiger charge is 2.77. The molecule has 2 aromatic rings. The van der Waals surface area contributed by atoms with Crippen molar-refractivity contribution in [3.8, 4) is 0 Å². The Hall–Kier alpha value is -4.63. The van der Waals surface area contributed by atoms with Gasteiger partial charge in [-0.2, -0.15) is 0 Å². The molecule has 2 bridgehead atoms. The molecule has 4 aliphatic rings. The first-order chi connectivity index (χ1) is 27.0.